The van der Waals surface area contributed by atoms with Crippen molar-refractivity contribution in [1.29, 1.82) is 0 Å². The van der Waals surface area contributed by atoms with Crippen molar-refractivity contribution < 1.29 is 0 Å². The first-order valence-corrected chi connectivity index (χ1v) is 22.0. The number of rotatable bonds is 33. The Hall–Kier alpha value is -1.56. The summed E-state index contributed by atoms with van der Waals surface area (Å²) in [5.74, 6) is 0. The number of hydrogen-bond donors (Lipinski definition) is 0. The van der Waals surface area contributed by atoms with Crippen molar-refractivity contribution in [1.82, 2.24) is 0 Å². The van der Waals surface area contributed by atoms with E-state index in [-0.39, 0.29) is 0 Å². The summed E-state index contributed by atoms with van der Waals surface area (Å²) < 4.78 is 0. The summed E-state index contributed by atoms with van der Waals surface area (Å²) in [6.45, 7) is 9.31. The SMILES string of the molecule is CCCCCCCCCc1cccc(-c2cccc(CCCCCCCCC)c2CCCCCCCCC)c1CCCCCCCCC. The van der Waals surface area contributed by atoms with Gasteiger partial charge in [0.2, 0.25) is 0 Å². The van der Waals surface area contributed by atoms with Gasteiger partial charge in [-0.3, -0.25) is 0 Å². The Balaban J connectivity index is 2.26. The number of aryl methyl sites for hydroxylation is 2. The fourth-order valence-electron chi connectivity index (χ4n) is 7.90. The number of unbranched alkanes of at least 4 members (excludes halogenated alkanes) is 24. The highest BCUT2D eigenvalue weighted by molar-refractivity contribution is 5.73. The number of hydrogen-bond acceptors (Lipinski definition) is 0. The van der Waals surface area contributed by atoms with Crippen LogP contribution >= 0.6 is 0 Å². The summed E-state index contributed by atoms with van der Waals surface area (Å²) in [6, 6.07) is 14.8. The van der Waals surface area contributed by atoms with Gasteiger partial charge in [0.1, 0.15) is 0 Å². The zero-order valence-corrected chi connectivity index (χ0v) is 33.1. The van der Waals surface area contributed by atoms with E-state index in [1.807, 2.05) is 0 Å². The predicted octanol–water partition coefficient (Wildman–Crippen LogP) is 16.5. The first-order valence-electron chi connectivity index (χ1n) is 22.0. The van der Waals surface area contributed by atoms with Crippen molar-refractivity contribution in [2.45, 2.75) is 233 Å². The molecule has 0 heteroatoms. The fourth-order valence-corrected chi connectivity index (χ4v) is 7.90. The minimum atomic E-state index is 1.26. The molecule has 0 saturated carbocycles. The van der Waals surface area contributed by atoms with E-state index >= 15 is 0 Å². The molecular weight excluding hydrogens is 577 g/mol. The molecule has 0 bridgehead atoms. The Morgan fingerprint density at radius 2 is 0.521 bits per heavy atom. The van der Waals surface area contributed by atoms with E-state index in [0.717, 1.165) is 0 Å². The van der Waals surface area contributed by atoms with E-state index in [1.165, 1.54) is 205 Å². The molecule has 0 aromatic heterocycles. The molecule has 274 valence electrons. The second-order valence-electron chi connectivity index (χ2n) is 15.4. The van der Waals surface area contributed by atoms with Crippen LogP contribution in [0.3, 0.4) is 0 Å². The van der Waals surface area contributed by atoms with Gasteiger partial charge in [-0.1, -0.05) is 218 Å². The zero-order chi connectivity index (χ0) is 34.3. The van der Waals surface area contributed by atoms with Crippen molar-refractivity contribution in [2.75, 3.05) is 0 Å². The molecule has 0 heterocycles. The maximum atomic E-state index is 2.51. The van der Waals surface area contributed by atoms with Gasteiger partial charge < -0.3 is 0 Å². The Bertz CT molecular complexity index is 918. The van der Waals surface area contributed by atoms with Crippen LogP contribution in [0.15, 0.2) is 36.4 Å². The van der Waals surface area contributed by atoms with E-state index in [1.54, 1.807) is 33.4 Å². The lowest BCUT2D eigenvalue weighted by molar-refractivity contribution is 0.582. The van der Waals surface area contributed by atoms with Gasteiger partial charge in [0.05, 0.1) is 0 Å². The van der Waals surface area contributed by atoms with Crippen LogP contribution in [0, 0.1) is 0 Å². The lowest BCUT2D eigenvalue weighted by Crippen LogP contribution is -2.03. The second-order valence-corrected chi connectivity index (χ2v) is 15.4. The topological polar surface area (TPSA) is 0 Å². The molecule has 0 aliphatic heterocycles. The summed E-state index contributed by atoms with van der Waals surface area (Å²) in [5, 5.41) is 0. The highest BCUT2D eigenvalue weighted by Crippen LogP contribution is 2.35. The maximum absolute atomic E-state index is 2.51. The van der Waals surface area contributed by atoms with Gasteiger partial charge in [0, 0.05) is 0 Å². The van der Waals surface area contributed by atoms with Gasteiger partial charge in [-0.25, -0.2) is 0 Å². The molecule has 2 aromatic carbocycles. The first-order chi connectivity index (χ1) is 23.8. The molecule has 0 aliphatic rings. The van der Waals surface area contributed by atoms with Crippen molar-refractivity contribution in [2.24, 2.45) is 0 Å². The van der Waals surface area contributed by atoms with Crippen molar-refractivity contribution in [3.63, 3.8) is 0 Å². The predicted molar refractivity (Wildman–Crippen MR) is 219 cm³/mol. The zero-order valence-electron chi connectivity index (χ0n) is 33.1. The third-order valence-electron chi connectivity index (χ3n) is 11.0. The molecule has 0 aliphatic carbocycles. The van der Waals surface area contributed by atoms with Crippen molar-refractivity contribution >= 4 is 0 Å². The standard InChI is InChI=1S/C48H82/c1-5-9-13-17-21-25-29-35-43-37-33-41-47(45(43)39-31-27-23-19-15-11-7-3)48-42-34-38-44(36-30-26-22-18-14-10-6-2)46(48)40-32-28-24-20-16-12-8-4/h33-34,37-38,41-42H,5-32,35-36,39-40H2,1-4H3. The molecule has 0 saturated heterocycles. The highest BCUT2D eigenvalue weighted by Gasteiger charge is 2.16. The van der Waals surface area contributed by atoms with Crippen LogP contribution in [0.25, 0.3) is 11.1 Å². The van der Waals surface area contributed by atoms with Crippen LogP contribution in [0.5, 0.6) is 0 Å². The quantitative estimate of drug-likeness (QED) is 0.0670. The van der Waals surface area contributed by atoms with Gasteiger partial charge in [-0.05, 0) is 84.7 Å². The summed E-state index contributed by atoms with van der Waals surface area (Å²) in [5.41, 5.74) is 9.89. The van der Waals surface area contributed by atoms with E-state index in [0.29, 0.717) is 0 Å². The molecule has 0 N–H and O–H groups in total. The van der Waals surface area contributed by atoms with Gasteiger partial charge >= 0.3 is 0 Å². The third kappa shape index (κ3) is 19.0. The summed E-state index contributed by atoms with van der Waals surface area (Å²) >= 11 is 0. The van der Waals surface area contributed by atoms with E-state index in [2.05, 4.69) is 64.1 Å². The largest absolute Gasteiger partial charge is 0.0654 e. The lowest BCUT2D eigenvalue weighted by atomic mass is 9.84. The van der Waals surface area contributed by atoms with Gasteiger partial charge in [-0.2, -0.15) is 0 Å². The normalized spacial score (nSPS) is 11.5. The van der Waals surface area contributed by atoms with Crippen LogP contribution < -0.4 is 0 Å². The minimum absolute atomic E-state index is 1.26. The molecular formula is C48H82. The summed E-state index contributed by atoms with van der Waals surface area (Å²) in [6.07, 6.45) is 44.0. The van der Waals surface area contributed by atoms with Gasteiger partial charge in [0.25, 0.3) is 0 Å². The van der Waals surface area contributed by atoms with Crippen molar-refractivity contribution in [3.05, 3.63) is 58.7 Å². The Labute approximate surface area is 302 Å². The number of benzene rings is 2. The summed E-state index contributed by atoms with van der Waals surface area (Å²) in [7, 11) is 0. The van der Waals surface area contributed by atoms with Crippen LogP contribution in [0.1, 0.15) is 230 Å². The minimum Gasteiger partial charge on any atom is -0.0654 e. The molecule has 0 radical (unpaired) electrons. The Morgan fingerprint density at radius 1 is 0.271 bits per heavy atom. The first kappa shape index (κ1) is 42.6. The van der Waals surface area contributed by atoms with Crippen molar-refractivity contribution in [3.8, 4) is 11.1 Å². The maximum Gasteiger partial charge on any atom is -0.0146 e. The van der Waals surface area contributed by atoms with Gasteiger partial charge in [-0.15, -0.1) is 0 Å². The van der Waals surface area contributed by atoms with E-state index < -0.39 is 0 Å². The van der Waals surface area contributed by atoms with Crippen LogP contribution in [-0.4, -0.2) is 0 Å². The van der Waals surface area contributed by atoms with E-state index in [4.69, 9.17) is 0 Å². The summed E-state index contributed by atoms with van der Waals surface area (Å²) in [4.78, 5) is 0. The smallest absolute Gasteiger partial charge is 0.0146 e. The average Bonchev–Trinajstić information content (AvgIpc) is 3.10. The average molecular weight is 659 g/mol. The molecule has 0 fully saturated rings. The molecule has 0 amide bonds. The second kappa shape index (κ2) is 30.3. The van der Waals surface area contributed by atoms with Crippen LogP contribution in [0.2, 0.25) is 0 Å². The van der Waals surface area contributed by atoms with E-state index in [9.17, 15) is 0 Å². The monoisotopic (exact) mass is 659 g/mol. The van der Waals surface area contributed by atoms with Crippen LogP contribution in [-0.2, 0) is 25.7 Å². The molecule has 2 rings (SSSR count). The molecule has 2 aromatic rings. The Kier molecular flexibility index (Phi) is 26.9. The molecule has 0 nitrogen and oxygen atoms in total. The molecule has 0 atom stereocenters. The fraction of sp³-hybridized carbons (Fsp3) is 0.750. The van der Waals surface area contributed by atoms with Gasteiger partial charge in [0.15, 0.2) is 0 Å². The Morgan fingerprint density at radius 3 is 0.812 bits per heavy atom. The lowest BCUT2D eigenvalue weighted by Gasteiger charge is -2.21. The molecule has 0 spiro atoms. The van der Waals surface area contributed by atoms with Crippen LogP contribution in [0.4, 0.5) is 0 Å². The highest BCUT2D eigenvalue weighted by atomic mass is 14.2. The third-order valence-corrected chi connectivity index (χ3v) is 11.0. The molecule has 48 heavy (non-hydrogen) atoms. The molecule has 0 unspecified atom stereocenters.